The van der Waals surface area contributed by atoms with Gasteiger partial charge in [-0.25, -0.2) is 4.99 Å². The SMILES string of the molecule is CCOC(=O)C1C=CC=NC1=O. The molecule has 0 radical (unpaired) electrons. The number of aliphatic imine (C=N–C) groups is 1. The molecule has 1 amide bonds. The summed E-state index contributed by atoms with van der Waals surface area (Å²) in [6.45, 7) is 1.97. The van der Waals surface area contributed by atoms with Crippen LogP contribution in [0.3, 0.4) is 0 Å². The Kier molecular flexibility index (Phi) is 2.74. The van der Waals surface area contributed by atoms with Crippen LogP contribution in [0.25, 0.3) is 0 Å². The number of rotatable bonds is 2. The van der Waals surface area contributed by atoms with E-state index in [-0.39, 0.29) is 6.61 Å². The van der Waals surface area contributed by atoms with Gasteiger partial charge in [-0.1, -0.05) is 6.08 Å². The first-order valence-electron chi connectivity index (χ1n) is 3.67. The van der Waals surface area contributed by atoms with Crippen LogP contribution in [0.5, 0.6) is 0 Å². The topological polar surface area (TPSA) is 55.7 Å². The number of ether oxygens (including phenoxy) is 1. The van der Waals surface area contributed by atoms with E-state index in [0.717, 1.165) is 0 Å². The highest BCUT2D eigenvalue weighted by Crippen LogP contribution is 2.07. The fourth-order valence-corrected chi connectivity index (χ4v) is 0.851. The van der Waals surface area contributed by atoms with Gasteiger partial charge in [-0.05, 0) is 13.0 Å². The smallest absolute Gasteiger partial charge is 0.322 e. The number of hydrogen-bond acceptors (Lipinski definition) is 3. The summed E-state index contributed by atoms with van der Waals surface area (Å²) in [5.41, 5.74) is 0. The zero-order chi connectivity index (χ0) is 8.97. The summed E-state index contributed by atoms with van der Waals surface area (Å²) in [5, 5.41) is 0. The van der Waals surface area contributed by atoms with E-state index in [9.17, 15) is 9.59 Å². The van der Waals surface area contributed by atoms with Crippen LogP contribution in [-0.4, -0.2) is 24.7 Å². The lowest BCUT2D eigenvalue weighted by Crippen LogP contribution is -2.24. The second-order valence-electron chi connectivity index (χ2n) is 2.23. The summed E-state index contributed by atoms with van der Waals surface area (Å²) in [4.78, 5) is 25.5. The molecule has 1 heterocycles. The molecule has 12 heavy (non-hydrogen) atoms. The van der Waals surface area contributed by atoms with Crippen LogP contribution in [0.1, 0.15) is 6.92 Å². The third-order valence-corrected chi connectivity index (χ3v) is 1.40. The minimum absolute atomic E-state index is 0.278. The van der Waals surface area contributed by atoms with Crippen molar-refractivity contribution in [1.29, 1.82) is 0 Å². The maximum Gasteiger partial charge on any atom is 0.322 e. The number of hydrogen-bond donors (Lipinski definition) is 0. The molecular formula is C8H9NO3. The third-order valence-electron chi connectivity index (χ3n) is 1.40. The minimum Gasteiger partial charge on any atom is -0.465 e. The molecule has 0 aromatic carbocycles. The summed E-state index contributed by atoms with van der Waals surface area (Å²) in [7, 11) is 0. The average Bonchev–Trinajstić information content (AvgIpc) is 2.05. The molecule has 0 spiro atoms. The van der Waals surface area contributed by atoms with Crippen LogP contribution in [0, 0.1) is 5.92 Å². The van der Waals surface area contributed by atoms with Gasteiger partial charge >= 0.3 is 5.97 Å². The number of carbonyl (C=O) groups excluding carboxylic acids is 2. The molecule has 4 nitrogen and oxygen atoms in total. The van der Waals surface area contributed by atoms with Crippen LogP contribution in [0.2, 0.25) is 0 Å². The molecule has 1 aliphatic rings. The Morgan fingerprint density at radius 3 is 3.08 bits per heavy atom. The van der Waals surface area contributed by atoms with Crippen molar-refractivity contribution in [2.75, 3.05) is 6.61 Å². The first kappa shape index (κ1) is 8.64. The summed E-state index contributed by atoms with van der Waals surface area (Å²) in [6, 6.07) is 0. The number of nitrogens with zero attached hydrogens (tertiary/aromatic N) is 1. The monoisotopic (exact) mass is 167 g/mol. The van der Waals surface area contributed by atoms with Crippen molar-refractivity contribution in [2.45, 2.75) is 6.92 Å². The first-order chi connectivity index (χ1) is 5.75. The first-order valence-corrected chi connectivity index (χ1v) is 3.67. The lowest BCUT2D eigenvalue weighted by atomic mass is 10.1. The molecule has 1 atom stereocenters. The Morgan fingerprint density at radius 1 is 1.75 bits per heavy atom. The van der Waals surface area contributed by atoms with E-state index >= 15 is 0 Å². The van der Waals surface area contributed by atoms with Crippen molar-refractivity contribution >= 4 is 18.1 Å². The summed E-state index contributed by atoms with van der Waals surface area (Å²) >= 11 is 0. The Morgan fingerprint density at radius 2 is 2.50 bits per heavy atom. The van der Waals surface area contributed by atoms with Crippen molar-refractivity contribution in [3.63, 3.8) is 0 Å². The minimum atomic E-state index is -0.838. The van der Waals surface area contributed by atoms with E-state index in [0.29, 0.717) is 0 Å². The van der Waals surface area contributed by atoms with E-state index in [1.54, 1.807) is 13.0 Å². The molecule has 64 valence electrons. The lowest BCUT2D eigenvalue weighted by Gasteiger charge is -2.08. The number of dihydropyridines is 1. The van der Waals surface area contributed by atoms with Crippen molar-refractivity contribution in [2.24, 2.45) is 10.9 Å². The molecule has 4 heteroatoms. The summed E-state index contributed by atoms with van der Waals surface area (Å²) in [5.74, 6) is -1.83. The Labute approximate surface area is 69.9 Å². The second-order valence-corrected chi connectivity index (χ2v) is 2.23. The van der Waals surface area contributed by atoms with Gasteiger partial charge in [0.15, 0.2) is 5.92 Å². The molecule has 1 rings (SSSR count). The maximum atomic E-state index is 11.0. The van der Waals surface area contributed by atoms with Crippen LogP contribution < -0.4 is 0 Å². The number of allylic oxidation sites excluding steroid dienone is 1. The van der Waals surface area contributed by atoms with E-state index in [2.05, 4.69) is 9.73 Å². The van der Waals surface area contributed by atoms with Gasteiger partial charge in [-0.15, -0.1) is 0 Å². The standard InChI is InChI=1S/C8H9NO3/c1-2-12-8(11)6-4-3-5-9-7(6)10/h3-6H,2H2,1H3. The van der Waals surface area contributed by atoms with Gasteiger partial charge in [0.05, 0.1) is 6.61 Å². The van der Waals surface area contributed by atoms with Gasteiger partial charge in [0.1, 0.15) is 0 Å². The van der Waals surface area contributed by atoms with Crippen LogP contribution in [0.4, 0.5) is 0 Å². The predicted octanol–water partition coefficient (Wildman–Crippen LogP) is 0.333. The molecule has 1 aliphatic heterocycles. The van der Waals surface area contributed by atoms with Crippen molar-refractivity contribution < 1.29 is 14.3 Å². The van der Waals surface area contributed by atoms with Crippen molar-refractivity contribution in [3.05, 3.63) is 12.2 Å². The van der Waals surface area contributed by atoms with E-state index < -0.39 is 17.8 Å². The van der Waals surface area contributed by atoms with Crippen LogP contribution in [-0.2, 0) is 14.3 Å². The quantitative estimate of drug-likeness (QED) is 0.440. The lowest BCUT2D eigenvalue weighted by molar-refractivity contribution is -0.149. The van der Waals surface area contributed by atoms with Gasteiger partial charge in [0.2, 0.25) is 0 Å². The fraction of sp³-hybridized carbons (Fsp3) is 0.375. The Hall–Kier alpha value is -1.45. The number of esters is 1. The summed E-state index contributed by atoms with van der Waals surface area (Å²) in [6.07, 6.45) is 4.40. The predicted molar refractivity (Wildman–Crippen MR) is 42.8 cm³/mol. The van der Waals surface area contributed by atoms with Crippen LogP contribution in [0.15, 0.2) is 17.1 Å². The zero-order valence-corrected chi connectivity index (χ0v) is 6.69. The molecule has 0 aliphatic carbocycles. The van der Waals surface area contributed by atoms with E-state index in [4.69, 9.17) is 0 Å². The average molecular weight is 167 g/mol. The van der Waals surface area contributed by atoms with E-state index in [1.165, 1.54) is 12.3 Å². The van der Waals surface area contributed by atoms with Crippen molar-refractivity contribution in [1.82, 2.24) is 0 Å². The van der Waals surface area contributed by atoms with Gasteiger partial charge in [-0.3, -0.25) is 9.59 Å². The van der Waals surface area contributed by atoms with Gasteiger partial charge in [-0.2, -0.15) is 0 Å². The molecule has 0 aromatic heterocycles. The zero-order valence-electron chi connectivity index (χ0n) is 6.69. The highest BCUT2D eigenvalue weighted by atomic mass is 16.5. The van der Waals surface area contributed by atoms with Crippen LogP contribution >= 0.6 is 0 Å². The molecule has 1 unspecified atom stereocenters. The molecule has 0 saturated heterocycles. The molecule has 0 aromatic rings. The summed E-state index contributed by atoms with van der Waals surface area (Å²) < 4.78 is 4.67. The van der Waals surface area contributed by atoms with E-state index in [1.807, 2.05) is 0 Å². The third kappa shape index (κ3) is 1.78. The van der Waals surface area contributed by atoms with Crippen molar-refractivity contribution in [3.8, 4) is 0 Å². The maximum absolute atomic E-state index is 11.0. The Bertz CT molecular complexity index is 255. The van der Waals surface area contributed by atoms with Gasteiger partial charge in [0.25, 0.3) is 5.91 Å². The fourth-order valence-electron chi connectivity index (χ4n) is 0.851. The highest BCUT2D eigenvalue weighted by Gasteiger charge is 2.25. The number of carbonyl (C=O) groups is 2. The normalized spacial score (nSPS) is 21.1. The highest BCUT2D eigenvalue weighted by molar-refractivity contribution is 6.05. The largest absolute Gasteiger partial charge is 0.465 e. The Balaban J connectivity index is 2.63. The van der Waals surface area contributed by atoms with Gasteiger partial charge in [0, 0.05) is 6.21 Å². The second kappa shape index (κ2) is 3.80. The van der Waals surface area contributed by atoms with Gasteiger partial charge < -0.3 is 4.74 Å². The molecular weight excluding hydrogens is 158 g/mol. The number of amides is 1. The molecule has 0 bridgehead atoms. The molecule has 0 saturated carbocycles. The molecule has 0 N–H and O–H groups in total. The molecule has 0 fully saturated rings.